The van der Waals surface area contributed by atoms with Gasteiger partial charge in [-0.05, 0) is 23.3 Å². The lowest BCUT2D eigenvalue weighted by atomic mass is 9.97. The Kier molecular flexibility index (Phi) is 6.91. The fraction of sp³-hybridized carbons (Fsp3) is 0.0714. The Hall–Kier alpha value is -3.83. The first kappa shape index (κ1) is 22.4. The van der Waals surface area contributed by atoms with Crippen LogP contribution in [0, 0.1) is 0 Å². The number of rotatable bonds is 8. The fourth-order valence-corrected chi connectivity index (χ4v) is 5.49. The van der Waals surface area contributed by atoms with Crippen molar-refractivity contribution >= 4 is 21.8 Å². The highest BCUT2D eigenvalue weighted by atomic mass is 32.2. The quantitative estimate of drug-likeness (QED) is 0.259. The number of hydrogen-bond donors (Lipinski definition) is 0. The van der Waals surface area contributed by atoms with Gasteiger partial charge in [0.15, 0.2) is 20.9 Å². The summed E-state index contributed by atoms with van der Waals surface area (Å²) in [6.07, 6.45) is 1.63. The summed E-state index contributed by atoms with van der Waals surface area (Å²) in [5.41, 5.74) is 1.80. The third-order valence-electron chi connectivity index (χ3n) is 5.33. The van der Waals surface area contributed by atoms with Crippen molar-refractivity contribution in [3.8, 4) is 0 Å². The number of sulfone groups is 1. The minimum absolute atomic E-state index is 0.0927. The summed E-state index contributed by atoms with van der Waals surface area (Å²) in [4.78, 5) is 18.5. The van der Waals surface area contributed by atoms with Gasteiger partial charge in [-0.2, -0.15) is 0 Å². The van der Waals surface area contributed by atoms with E-state index in [1.165, 1.54) is 12.1 Å². The van der Waals surface area contributed by atoms with Crippen molar-refractivity contribution in [3.63, 3.8) is 0 Å². The number of hydrogen-bond acceptors (Lipinski definition) is 4. The topological polar surface area (TPSA) is 63.6 Å². The first-order valence-corrected chi connectivity index (χ1v) is 12.1. The molecule has 2 unspecified atom stereocenters. The lowest BCUT2D eigenvalue weighted by Crippen LogP contribution is -2.36. The van der Waals surface area contributed by atoms with Crippen LogP contribution in [0.25, 0.3) is 0 Å². The molecule has 4 nitrogen and oxygen atoms in total. The molecule has 164 valence electrons. The predicted molar refractivity (Wildman–Crippen MR) is 131 cm³/mol. The van der Waals surface area contributed by atoms with Gasteiger partial charge in [-0.15, -0.1) is 0 Å². The van der Waals surface area contributed by atoms with Gasteiger partial charge in [0.25, 0.3) is 0 Å². The molecule has 0 N–H and O–H groups in total. The zero-order chi connectivity index (χ0) is 23.1. The smallest absolute Gasteiger partial charge is 0.191 e. The van der Waals surface area contributed by atoms with Gasteiger partial charge in [0.2, 0.25) is 0 Å². The molecule has 4 aromatic rings. The second-order valence-electron chi connectivity index (χ2n) is 7.55. The van der Waals surface area contributed by atoms with Gasteiger partial charge >= 0.3 is 0 Å². The number of Topliss-reactive ketones (excluding diaryl/α,β-unsaturated/α-hetero) is 1. The predicted octanol–water partition coefficient (Wildman–Crippen LogP) is 5.57. The van der Waals surface area contributed by atoms with E-state index in [0.717, 1.165) is 5.56 Å². The molecule has 0 aliphatic carbocycles. The van der Waals surface area contributed by atoms with Gasteiger partial charge < -0.3 is 0 Å². The van der Waals surface area contributed by atoms with Crippen LogP contribution in [-0.4, -0.2) is 25.7 Å². The monoisotopic (exact) mass is 453 g/mol. The first-order chi connectivity index (χ1) is 16.1. The van der Waals surface area contributed by atoms with Gasteiger partial charge in [0.05, 0.1) is 10.9 Å². The Morgan fingerprint density at radius 3 is 1.73 bits per heavy atom. The number of carbonyl (C=O) groups excluding carboxylic acids is 1. The molecule has 0 bridgehead atoms. The lowest BCUT2D eigenvalue weighted by molar-refractivity contribution is 0.0978. The molecule has 4 aromatic carbocycles. The highest BCUT2D eigenvalue weighted by Gasteiger charge is 2.41. The Morgan fingerprint density at radius 1 is 0.667 bits per heavy atom. The molecule has 0 heterocycles. The van der Waals surface area contributed by atoms with E-state index >= 15 is 0 Å². The van der Waals surface area contributed by atoms with Crippen molar-refractivity contribution in [1.29, 1.82) is 0 Å². The van der Waals surface area contributed by atoms with Crippen molar-refractivity contribution in [2.75, 3.05) is 0 Å². The van der Waals surface area contributed by atoms with Crippen LogP contribution in [-0.2, 0) is 9.84 Å². The number of aliphatic imine (C=N–C) groups is 1. The zero-order valence-corrected chi connectivity index (χ0v) is 18.7. The standard InChI is InChI=1S/C28H23NO3S/c30-27(24-17-9-3-10-18-24)28(33(31,32)25-19-11-4-12-20-25)26(23-15-7-2-8-16-23)29-21-22-13-5-1-6-14-22/h1-21,26,28H. The van der Waals surface area contributed by atoms with Crippen LogP contribution in [0.3, 0.4) is 0 Å². The van der Waals surface area contributed by atoms with Crippen LogP contribution in [0.4, 0.5) is 0 Å². The molecule has 0 aromatic heterocycles. The van der Waals surface area contributed by atoms with Gasteiger partial charge in [-0.25, -0.2) is 8.42 Å². The summed E-state index contributed by atoms with van der Waals surface area (Å²) in [5, 5.41) is -1.43. The van der Waals surface area contributed by atoms with Crippen molar-refractivity contribution < 1.29 is 13.2 Å². The van der Waals surface area contributed by atoms with Crippen molar-refractivity contribution in [3.05, 3.63) is 138 Å². The normalized spacial score (nSPS) is 13.5. The summed E-state index contributed by atoms with van der Waals surface area (Å²) in [6, 6.07) is 34.2. The van der Waals surface area contributed by atoms with Gasteiger partial charge in [-0.1, -0.05) is 109 Å². The second kappa shape index (κ2) is 10.2. The van der Waals surface area contributed by atoms with Crippen LogP contribution in [0.2, 0.25) is 0 Å². The molecule has 4 rings (SSSR count). The van der Waals surface area contributed by atoms with Gasteiger partial charge in [-0.3, -0.25) is 9.79 Å². The summed E-state index contributed by atoms with van der Waals surface area (Å²) in [6.45, 7) is 0. The third kappa shape index (κ3) is 5.16. The summed E-state index contributed by atoms with van der Waals surface area (Å²) in [7, 11) is -4.06. The molecule has 0 aliphatic heterocycles. The van der Waals surface area contributed by atoms with E-state index in [4.69, 9.17) is 0 Å². The molecule has 0 aliphatic rings. The van der Waals surface area contributed by atoms with Crippen LogP contribution < -0.4 is 0 Å². The van der Waals surface area contributed by atoms with Gasteiger partial charge in [0.1, 0.15) is 0 Å². The first-order valence-electron chi connectivity index (χ1n) is 10.6. The average Bonchev–Trinajstić information content (AvgIpc) is 2.88. The summed E-state index contributed by atoms with van der Waals surface area (Å²) in [5.74, 6) is -0.487. The van der Waals surface area contributed by atoms with Crippen LogP contribution in [0.1, 0.15) is 27.5 Å². The SMILES string of the molecule is O=C(c1ccccc1)C(C(N=Cc1ccccc1)c1ccccc1)S(=O)(=O)c1ccccc1. The number of benzene rings is 4. The molecule has 5 heteroatoms. The highest BCUT2D eigenvalue weighted by Crippen LogP contribution is 2.33. The summed E-state index contributed by atoms with van der Waals surface area (Å²) < 4.78 is 27.8. The van der Waals surface area contributed by atoms with Crippen LogP contribution in [0.5, 0.6) is 0 Å². The van der Waals surface area contributed by atoms with E-state index in [-0.39, 0.29) is 4.90 Å². The maximum atomic E-state index is 13.9. The molecular formula is C28H23NO3S. The number of carbonyl (C=O) groups is 1. The maximum absolute atomic E-state index is 13.9. The molecule has 0 saturated heterocycles. The second-order valence-corrected chi connectivity index (χ2v) is 9.62. The molecular weight excluding hydrogens is 430 g/mol. The van der Waals surface area contributed by atoms with E-state index in [2.05, 4.69) is 4.99 Å². The van der Waals surface area contributed by atoms with E-state index in [0.29, 0.717) is 11.1 Å². The molecule has 0 saturated carbocycles. The van der Waals surface area contributed by atoms with E-state index in [1.807, 2.05) is 48.5 Å². The number of ketones is 1. The summed E-state index contributed by atoms with van der Waals surface area (Å²) >= 11 is 0. The molecule has 0 amide bonds. The third-order valence-corrected chi connectivity index (χ3v) is 7.40. The fourth-order valence-electron chi connectivity index (χ4n) is 3.67. The molecule has 0 radical (unpaired) electrons. The van der Waals surface area contributed by atoms with Crippen molar-refractivity contribution in [2.45, 2.75) is 16.2 Å². The van der Waals surface area contributed by atoms with Crippen LogP contribution >= 0.6 is 0 Å². The molecule has 0 spiro atoms. The Labute approximate surface area is 194 Å². The average molecular weight is 454 g/mol. The Balaban J connectivity index is 1.89. The van der Waals surface area contributed by atoms with Crippen molar-refractivity contribution in [2.24, 2.45) is 4.99 Å². The highest BCUT2D eigenvalue weighted by molar-refractivity contribution is 7.93. The molecule has 0 fully saturated rings. The van der Waals surface area contributed by atoms with E-state index < -0.39 is 26.9 Å². The number of nitrogens with zero attached hydrogens (tertiary/aromatic N) is 1. The minimum Gasteiger partial charge on any atom is -0.293 e. The largest absolute Gasteiger partial charge is 0.293 e. The van der Waals surface area contributed by atoms with Crippen molar-refractivity contribution in [1.82, 2.24) is 0 Å². The minimum atomic E-state index is -4.06. The lowest BCUT2D eigenvalue weighted by Gasteiger charge is -2.24. The van der Waals surface area contributed by atoms with E-state index in [9.17, 15) is 13.2 Å². The van der Waals surface area contributed by atoms with Crippen LogP contribution in [0.15, 0.2) is 131 Å². The molecule has 33 heavy (non-hydrogen) atoms. The molecule has 2 atom stereocenters. The Bertz CT molecular complexity index is 1320. The zero-order valence-electron chi connectivity index (χ0n) is 17.9. The van der Waals surface area contributed by atoms with E-state index in [1.54, 1.807) is 66.9 Å². The Morgan fingerprint density at radius 2 is 1.15 bits per heavy atom. The maximum Gasteiger partial charge on any atom is 0.191 e. The van der Waals surface area contributed by atoms with Gasteiger partial charge in [0, 0.05) is 11.8 Å².